The van der Waals surface area contributed by atoms with Gasteiger partial charge in [0.15, 0.2) is 9.84 Å². The number of sulfone groups is 1. The molecule has 0 atom stereocenters. The Balaban J connectivity index is 1.69. The molecule has 0 saturated heterocycles. The zero-order chi connectivity index (χ0) is 19.9. The highest BCUT2D eigenvalue weighted by atomic mass is 32.2. The zero-order valence-corrected chi connectivity index (χ0v) is 17.8. The molecule has 1 amide bonds. The number of carbonyl (C=O) groups is 1. The van der Waals surface area contributed by atoms with Gasteiger partial charge in [0.1, 0.15) is 5.82 Å². The number of rotatable bonds is 4. The normalized spacial score (nSPS) is 18.6. The molecule has 0 radical (unpaired) electrons. The Bertz CT molecular complexity index is 1000. The van der Waals surface area contributed by atoms with Crippen LogP contribution in [-0.4, -0.2) is 30.4 Å². The topological polar surface area (TPSA) is 81.1 Å². The molecule has 1 aromatic heterocycles. The first-order chi connectivity index (χ1) is 13.3. The van der Waals surface area contributed by atoms with Crippen LogP contribution in [0.3, 0.4) is 0 Å². The average molecular weight is 420 g/mol. The van der Waals surface area contributed by atoms with Crippen LogP contribution in [0.15, 0.2) is 29.2 Å². The molecule has 150 valence electrons. The summed E-state index contributed by atoms with van der Waals surface area (Å²) in [4.78, 5) is 13.8. The van der Waals surface area contributed by atoms with Crippen LogP contribution in [0.25, 0.3) is 0 Å². The maximum atomic E-state index is 13.5. The van der Waals surface area contributed by atoms with Crippen molar-refractivity contribution in [1.82, 2.24) is 9.78 Å². The van der Waals surface area contributed by atoms with E-state index in [1.165, 1.54) is 6.26 Å². The highest BCUT2D eigenvalue weighted by molar-refractivity contribution is 7.98. The molecule has 1 fully saturated rings. The van der Waals surface area contributed by atoms with Crippen molar-refractivity contribution < 1.29 is 13.2 Å². The predicted octanol–water partition coefficient (Wildman–Crippen LogP) is 3.41. The van der Waals surface area contributed by atoms with Gasteiger partial charge in [-0.05, 0) is 30.5 Å². The number of amides is 1. The lowest BCUT2D eigenvalue weighted by Crippen LogP contribution is -2.42. The number of fused-ring (bicyclic) bond motifs is 1. The molecular formula is C20H25N3O3S2. The molecule has 2 aromatic rings. The number of benzene rings is 1. The highest BCUT2D eigenvalue weighted by Gasteiger charge is 2.42. The third-order valence-electron chi connectivity index (χ3n) is 5.92. The fraction of sp³-hybridized carbons (Fsp3) is 0.500. The summed E-state index contributed by atoms with van der Waals surface area (Å²) in [6.07, 6.45) is 5.83. The van der Waals surface area contributed by atoms with Crippen molar-refractivity contribution in [2.75, 3.05) is 11.6 Å². The van der Waals surface area contributed by atoms with Crippen LogP contribution in [0.4, 0.5) is 5.82 Å². The maximum absolute atomic E-state index is 13.5. The van der Waals surface area contributed by atoms with Crippen LogP contribution in [-0.2, 0) is 38.6 Å². The van der Waals surface area contributed by atoms with Gasteiger partial charge in [-0.2, -0.15) is 16.9 Å². The number of anilines is 1. The largest absolute Gasteiger partial charge is 0.310 e. The van der Waals surface area contributed by atoms with Gasteiger partial charge >= 0.3 is 0 Å². The molecule has 1 N–H and O–H groups in total. The fourth-order valence-corrected chi connectivity index (χ4v) is 6.01. The lowest BCUT2D eigenvalue weighted by atomic mass is 9.68. The Morgan fingerprint density at radius 3 is 2.46 bits per heavy atom. The van der Waals surface area contributed by atoms with Crippen molar-refractivity contribution in [3.63, 3.8) is 0 Å². The number of carbonyl (C=O) groups excluding carboxylic acids is 1. The average Bonchev–Trinajstić information content (AvgIpc) is 3.24. The van der Waals surface area contributed by atoms with E-state index in [-0.39, 0.29) is 10.8 Å². The summed E-state index contributed by atoms with van der Waals surface area (Å²) in [5.74, 6) is 2.54. The van der Waals surface area contributed by atoms with E-state index in [0.29, 0.717) is 0 Å². The Morgan fingerprint density at radius 1 is 1.14 bits per heavy atom. The third-order valence-corrected chi connectivity index (χ3v) is 8.02. The summed E-state index contributed by atoms with van der Waals surface area (Å²) in [5.41, 5.74) is 2.44. The predicted molar refractivity (Wildman–Crippen MR) is 111 cm³/mol. The summed E-state index contributed by atoms with van der Waals surface area (Å²) in [7, 11) is -1.39. The molecule has 2 aliphatic rings. The zero-order valence-electron chi connectivity index (χ0n) is 16.2. The molecule has 6 nitrogen and oxygen atoms in total. The van der Waals surface area contributed by atoms with Crippen molar-refractivity contribution in [2.24, 2.45) is 7.05 Å². The second kappa shape index (κ2) is 7.22. The molecule has 0 unspecified atom stereocenters. The van der Waals surface area contributed by atoms with Crippen LogP contribution in [0.2, 0.25) is 0 Å². The Hall–Kier alpha value is -1.80. The van der Waals surface area contributed by atoms with E-state index >= 15 is 0 Å². The quantitative estimate of drug-likeness (QED) is 0.821. The first kappa shape index (κ1) is 19.5. The Kier molecular flexibility index (Phi) is 5.03. The molecular weight excluding hydrogens is 394 g/mol. The number of thioether (sulfide) groups is 1. The van der Waals surface area contributed by atoms with Crippen LogP contribution in [0, 0.1) is 0 Å². The first-order valence-electron chi connectivity index (χ1n) is 9.56. The Morgan fingerprint density at radius 2 is 1.82 bits per heavy atom. The standard InChI is InChI=1S/C20H25N3O3S2/c1-23-18(16-12-27-13-17(16)22-23)21-19(24)20(10-4-3-5-11-20)14-6-8-15(9-7-14)28(2,25)26/h6-9H,3-5,10-13H2,1-2H3,(H,21,24). The minimum Gasteiger partial charge on any atom is -0.310 e. The van der Waals surface area contributed by atoms with Crippen LogP contribution >= 0.6 is 11.8 Å². The van der Waals surface area contributed by atoms with Crippen molar-refractivity contribution >= 4 is 33.3 Å². The lowest BCUT2D eigenvalue weighted by Gasteiger charge is -2.36. The molecule has 2 heterocycles. The van der Waals surface area contributed by atoms with Crippen LogP contribution in [0.1, 0.15) is 48.9 Å². The SMILES string of the molecule is Cn1nc2c(c1NC(=O)C1(c3ccc(S(C)(=O)=O)cc3)CCCCC1)CSC2. The maximum Gasteiger partial charge on any atom is 0.236 e. The van der Waals surface area contributed by atoms with Crippen molar-refractivity contribution in [1.29, 1.82) is 0 Å². The Labute approximate surface area is 170 Å². The number of nitrogens with one attached hydrogen (secondary N) is 1. The van der Waals surface area contributed by atoms with Gasteiger partial charge in [-0.3, -0.25) is 9.48 Å². The highest BCUT2D eigenvalue weighted by Crippen LogP contribution is 2.42. The molecule has 28 heavy (non-hydrogen) atoms. The minimum atomic E-state index is -3.26. The van der Waals surface area contributed by atoms with Gasteiger partial charge in [-0.15, -0.1) is 0 Å². The molecule has 1 aliphatic carbocycles. The van der Waals surface area contributed by atoms with Crippen molar-refractivity contribution in [2.45, 2.75) is 53.9 Å². The van der Waals surface area contributed by atoms with E-state index < -0.39 is 15.3 Å². The number of nitrogens with zero attached hydrogens (tertiary/aromatic N) is 2. The van der Waals surface area contributed by atoms with Gasteiger partial charge in [0.05, 0.1) is 16.0 Å². The minimum absolute atomic E-state index is 0.0120. The molecule has 1 aromatic carbocycles. The first-order valence-corrected chi connectivity index (χ1v) is 12.6. The van der Waals surface area contributed by atoms with Crippen molar-refractivity contribution in [3.8, 4) is 0 Å². The van der Waals surface area contributed by atoms with E-state index in [1.807, 2.05) is 30.9 Å². The molecule has 0 spiro atoms. The van der Waals surface area contributed by atoms with E-state index in [9.17, 15) is 13.2 Å². The number of hydrogen-bond donors (Lipinski definition) is 1. The fourth-order valence-electron chi connectivity index (χ4n) is 4.35. The van der Waals surface area contributed by atoms with Crippen LogP contribution in [0.5, 0.6) is 0 Å². The van der Waals surface area contributed by atoms with Gasteiger partial charge < -0.3 is 5.32 Å². The van der Waals surface area contributed by atoms with E-state index in [0.717, 1.165) is 66.2 Å². The second-order valence-electron chi connectivity index (χ2n) is 7.78. The summed E-state index contributed by atoms with van der Waals surface area (Å²) >= 11 is 1.81. The summed E-state index contributed by atoms with van der Waals surface area (Å²) < 4.78 is 25.4. The molecule has 0 bridgehead atoms. The van der Waals surface area contributed by atoms with Crippen molar-refractivity contribution in [3.05, 3.63) is 41.1 Å². The third kappa shape index (κ3) is 3.37. The molecule has 1 aliphatic heterocycles. The monoisotopic (exact) mass is 419 g/mol. The van der Waals surface area contributed by atoms with E-state index in [4.69, 9.17) is 0 Å². The number of aryl methyl sites for hydroxylation is 1. The molecule has 1 saturated carbocycles. The van der Waals surface area contributed by atoms with E-state index in [1.54, 1.807) is 16.8 Å². The van der Waals surface area contributed by atoms with Gasteiger partial charge in [-0.1, -0.05) is 31.4 Å². The number of aromatic nitrogens is 2. The van der Waals surface area contributed by atoms with Gasteiger partial charge in [0, 0.05) is 30.4 Å². The molecule has 8 heteroatoms. The summed E-state index contributed by atoms with van der Waals surface area (Å²) in [6, 6.07) is 6.86. The van der Waals surface area contributed by atoms with Gasteiger partial charge in [-0.25, -0.2) is 8.42 Å². The smallest absolute Gasteiger partial charge is 0.236 e. The van der Waals surface area contributed by atoms with Crippen LogP contribution < -0.4 is 5.32 Å². The molecule has 4 rings (SSSR count). The van der Waals surface area contributed by atoms with E-state index in [2.05, 4.69) is 10.4 Å². The lowest BCUT2D eigenvalue weighted by molar-refractivity contribution is -0.122. The van der Waals surface area contributed by atoms with Gasteiger partial charge in [0.2, 0.25) is 5.91 Å². The number of hydrogen-bond acceptors (Lipinski definition) is 5. The summed E-state index contributed by atoms with van der Waals surface area (Å²) in [6.45, 7) is 0. The second-order valence-corrected chi connectivity index (χ2v) is 10.8. The summed E-state index contributed by atoms with van der Waals surface area (Å²) in [5, 5.41) is 7.71. The van der Waals surface area contributed by atoms with Gasteiger partial charge in [0.25, 0.3) is 0 Å².